The predicted molar refractivity (Wildman–Crippen MR) is 111 cm³/mol. The molecule has 0 aromatic heterocycles. The Morgan fingerprint density at radius 1 is 1.27 bits per heavy atom. The van der Waals surface area contributed by atoms with Gasteiger partial charge in [-0.2, -0.15) is 0 Å². The van der Waals surface area contributed by atoms with Crippen molar-refractivity contribution in [1.82, 2.24) is 5.06 Å². The Balaban J connectivity index is 1.80. The van der Waals surface area contributed by atoms with Crippen LogP contribution in [-0.2, 0) is 11.3 Å². The van der Waals surface area contributed by atoms with Gasteiger partial charge in [0.05, 0.1) is 16.1 Å². The normalized spacial score (nSPS) is 23.6. The second-order valence-corrected chi connectivity index (χ2v) is 8.71. The number of piperidine rings is 1. The highest BCUT2D eigenvalue weighted by molar-refractivity contribution is 14.1. The van der Waals surface area contributed by atoms with Crippen molar-refractivity contribution in [3.8, 4) is 0 Å². The zero-order valence-corrected chi connectivity index (χ0v) is 17.7. The van der Waals surface area contributed by atoms with Gasteiger partial charge in [-0.05, 0) is 52.5 Å². The van der Waals surface area contributed by atoms with Crippen LogP contribution in [0.1, 0.15) is 22.3 Å². The van der Waals surface area contributed by atoms with Crippen LogP contribution >= 0.6 is 38.5 Å². The lowest BCUT2D eigenvalue weighted by molar-refractivity contribution is -0.153. The number of hydrogen-bond acceptors (Lipinski definition) is 4. The summed E-state index contributed by atoms with van der Waals surface area (Å²) in [5.41, 5.74) is 7.41. The van der Waals surface area contributed by atoms with Crippen LogP contribution < -0.4 is 5.73 Å². The van der Waals surface area contributed by atoms with Crippen molar-refractivity contribution in [1.29, 1.82) is 0 Å². The number of hydrogen-bond donors (Lipinski definition) is 1. The molecule has 1 fully saturated rings. The maximum absolute atomic E-state index is 14.4. The molecule has 0 unspecified atom stereocenters. The van der Waals surface area contributed by atoms with Gasteiger partial charge in [0.15, 0.2) is 0 Å². The van der Waals surface area contributed by atoms with Crippen LogP contribution in [0.15, 0.2) is 53.0 Å². The van der Waals surface area contributed by atoms with Crippen molar-refractivity contribution in [3.63, 3.8) is 0 Å². The maximum Gasteiger partial charge on any atom is 0.357 e. The Labute approximate surface area is 174 Å². The van der Waals surface area contributed by atoms with E-state index in [1.54, 1.807) is 47.5 Å². The fourth-order valence-corrected chi connectivity index (χ4v) is 4.22. The first kappa shape index (κ1) is 19.7. The van der Waals surface area contributed by atoms with Gasteiger partial charge in [0, 0.05) is 16.5 Å². The summed E-state index contributed by atoms with van der Waals surface area (Å²) in [6.07, 6.45) is 1.18. The van der Waals surface area contributed by atoms with Gasteiger partial charge in [0.25, 0.3) is 0 Å². The number of nitrogens with zero attached hydrogens (tertiary/aromatic N) is 1. The molecule has 0 amide bonds. The van der Waals surface area contributed by atoms with Gasteiger partial charge in [-0.3, -0.25) is 0 Å². The lowest BCUT2D eigenvalue weighted by atomic mass is 9.93. The smallest absolute Gasteiger partial charge is 0.357 e. The minimum absolute atomic E-state index is 0.230. The summed E-state index contributed by atoms with van der Waals surface area (Å²) in [6, 6.07) is 13.5. The predicted octanol–water partition coefficient (Wildman–Crippen LogP) is 4.11. The van der Waals surface area contributed by atoms with Crippen molar-refractivity contribution in [3.05, 3.63) is 69.9 Å². The molecule has 0 spiro atoms. The molecule has 1 aliphatic heterocycles. The third kappa shape index (κ3) is 4.44. The topological polar surface area (TPSA) is 55.6 Å². The van der Waals surface area contributed by atoms with E-state index in [9.17, 15) is 9.18 Å². The molecular formula is C19H19BrFIN2O2. The van der Waals surface area contributed by atoms with Crippen LogP contribution in [0, 0.1) is 5.82 Å². The van der Waals surface area contributed by atoms with Crippen LogP contribution in [0.3, 0.4) is 0 Å². The fraction of sp³-hybridized carbons (Fsp3) is 0.316. The Morgan fingerprint density at radius 3 is 2.73 bits per heavy atom. The van der Waals surface area contributed by atoms with E-state index >= 15 is 0 Å². The molecule has 4 nitrogen and oxygen atoms in total. The van der Waals surface area contributed by atoms with Gasteiger partial charge in [0.2, 0.25) is 0 Å². The SMILES string of the molecule is N[C@H]1[C@@H](I)CCN(OC(=O)c2ccccc2)[C@H]1Cc1cccc(Br)c1F. The number of carbonyl (C=O) groups excluding carboxylic acids is 1. The molecule has 1 aliphatic rings. The number of nitrogens with two attached hydrogens (primary N) is 1. The van der Waals surface area contributed by atoms with Gasteiger partial charge in [-0.1, -0.05) is 52.9 Å². The highest BCUT2D eigenvalue weighted by atomic mass is 127. The second-order valence-electron chi connectivity index (χ2n) is 6.25. The van der Waals surface area contributed by atoms with Crippen LogP contribution in [0.5, 0.6) is 0 Å². The Hall–Kier alpha value is -1.03. The third-order valence-corrected chi connectivity index (χ3v) is 6.59. The molecule has 26 heavy (non-hydrogen) atoms. The van der Waals surface area contributed by atoms with Crippen LogP contribution in [0.2, 0.25) is 0 Å². The molecule has 3 atom stereocenters. The molecule has 1 heterocycles. The Bertz CT molecular complexity index is 777. The van der Waals surface area contributed by atoms with E-state index in [0.717, 1.165) is 6.42 Å². The molecule has 138 valence electrons. The molecule has 3 rings (SSSR count). The molecule has 1 saturated heterocycles. The van der Waals surface area contributed by atoms with Gasteiger partial charge < -0.3 is 10.6 Å². The summed E-state index contributed by atoms with van der Waals surface area (Å²) < 4.78 is 15.1. The van der Waals surface area contributed by atoms with E-state index in [4.69, 9.17) is 10.6 Å². The number of hydroxylamine groups is 2. The molecule has 0 saturated carbocycles. The van der Waals surface area contributed by atoms with Crippen molar-refractivity contribution < 1.29 is 14.0 Å². The van der Waals surface area contributed by atoms with E-state index in [-0.39, 0.29) is 21.8 Å². The van der Waals surface area contributed by atoms with Gasteiger partial charge in [-0.15, -0.1) is 5.06 Å². The van der Waals surface area contributed by atoms with E-state index in [1.807, 2.05) is 6.07 Å². The van der Waals surface area contributed by atoms with Gasteiger partial charge >= 0.3 is 5.97 Å². The summed E-state index contributed by atoms with van der Waals surface area (Å²) in [6.45, 7) is 0.570. The molecule has 0 aliphatic carbocycles. The van der Waals surface area contributed by atoms with Gasteiger partial charge in [-0.25, -0.2) is 9.18 Å². The standard InChI is InChI=1S/C19H19BrFIN2O2/c20-14-8-4-7-13(17(14)21)11-16-18(23)15(22)9-10-24(16)26-19(25)12-5-2-1-3-6-12/h1-8,15-16,18H,9-11,23H2/t15-,16-,18-/m0/s1. The van der Waals surface area contributed by atoms with Crippen molar-refractivity contribution in [2.24, 2.45) is 5.73 Å². The van der Waals surface area contributed by atoms with E-state index in [2.05, 4.69) is 38.5 Å². The quantitative estimate of drug-likeness (QED) is 0.475. The minimum atomic E-state index is -0.426. The summed E-state index contributed by atoms with van der Waals surface area (Å²) >= 11 is 5.53. The van der Waals surface area contributed by atoms with E-state index < -0.39 is 5.97 Å². The third-order valence-electron chi connectivity index (χ3n) is 4.53. The molecule has 2 aromatic carbocycles. The van der Waals surface area contributed by atoms with Crippen molar-refractivity contribution in [2.75, 3.05) is 6.54 Å². The Kier molecular flexibility index (Phi) is 6.65. The lowest BCUT2D eigenvalue weighted by Crippen LogP contribution is -2.58. The highest BCUT2D eigenvalue weighted by Crippen LogP contribution is 2.28. The van der Waals surface area contributed by atoms with E-state index in [0.29, 0.717) is 28.6 Å². The molecular weight excluding hydrogens is 514 g/mol. The van der Waals surface area contributed by atoms with Crippen LogP contribution in [0.25, 0.3) is 0 Å². The summed E-state index contributed by atoms with van der Waals surface area (Å²) in [4.78, 5) is 18.1. The van der Waals surface area contributed by atoms with Crippen molar-refractivity contribution in [2.45, 2.75) is 28.8 Å². The molecule has 0 bridgehead atoms. The summed E-state index contributed by atoms with van der Waals surface area (Å²) in [5.74, 6) is -0.728. The highest BCUT2D eigenvalue weighted by Gasteiger charge is 2.37. The lowest BCUT2D eigenvalue weighted by Gasteiger charge is -2.40. The molecule has 2 N–H and O–H groups in total. The number of alkyl halides is 1. The first-order valence-corrected chi connectivity index (χ1v) is 10.4. The summed E-state index contributed by atoms with van der Waals surface area (Å²) in [7, 11) is 0. The molecule has 7 heteroatoms. The van der Waals surface area contributed by atoms with Crippen LogP contribution in [0.4, 0.5) is 4.39 Å². The van der Waals surface area contributed by atoms with Crippen LogP contribution in [-0.4, -0.2) is 33.6 Å². The maximum atomic E-state index is 14.4. The average molecular weight is 533 g/mol. The largest absolute Gasteiger partial charge is 0.364 e. The van der Waals surface area contributed by atoms with Crippen molar-refractivity contribution >= 4 is 44.5 Å². The minimum Gasteiger partial charge on any atom is -0.364 e. The molecule has 0 radical (unpaired) electrons. The van der Waals surface area contributed by atoms with Gasteiger partial charge in [0.1, 0.15) is 5.82 Å². The zero-order valence-electron chi connectivity index (χ0n) is 13.9. The first-order chi connectivity index (χ1) is 12.5. The number of benzene rings is 2. The fourth-order valence-electron chi connectivity index (χ4n) is 3.06. The zero-order chi connectivity index (χ0) is 18.7. The number of carbonyl (C=O) groups is 1. The molecule has 2 aromatic rings. The monoisotopic (exact) mass is 532 g/mol. The average Bonchev–Trinajstić information content (AvgIpc) is 2.65. The number of rotatable bonds is 4. The summed E-state index contributed by atoms with van der Waals surface area (Å²) in [5, 5.41) is 1.62. The van der Waals surface area contributed by atoms with E-state index in [1.165, 1.54) is 0 Å². The number of halogens is 3. The second kappa shape index (κ2) is 8.77. The first-order valence-electron chi connectivity index (χ1n) is 8.34. The Morgan fingerprint density at radius 2 is 2.00 bits per heavy atom.